The van der Waals surface area contributed by atoms with Crippen molar-refractivity contribution in [1.29, 1.82) is 0 Å². The summed E-state index contributed by atoms with van der Waals surface area (Å²) in [5.74, 6) is 0.0276. The van der Waals surface area contributed by atoms with Gasteiger partial charge in [0.1, 0.15) is 5.70 Å². The molecule has 1 fully saturated rings. The van der Waals surface area contributed by atoms with Crippen LogP contribution in [0.15, 0.2) is 36.0 Å². The van der Waals surface area contributed by atoms with E-state index < -0.39 is 0 Å². The summed E-state index contributed by atoms with van der Waals surface area (Å²) in [6, 6.07) is 9.71. The highest BCUT2D eigenvalue weighted by Gasteiger charge is 2.24. The number of amides is 2. The molecule has 2 amide bonds. The third kappa shape index (κ3) is 4.72. The van der Waals surface area contributed by atoms with Gasteiger partial charge in [-0.1, -0.05) is 50.1 Å². The molecule has 1 saturated carbocycles. The van der Waals surface area contributed by atoms with Crippen molar-refractivity contribution in [1.82, 2.24) is 10.6 Å². The third-order valence-corrected chi connectivity index (χ3v) is 4.09. The highest BCUT2D eigenvalue weighted by molar-refractivity contribution is 6.01. The second-order valence-electron chi connectivity index (χ2n) is 5.99. The van der Waals surface area contributed by atoms with E-state index in [0.717, 1.165) is 24.8 Å². The molecule has 0 bridgehead atoms. The number of rotatable bonds is 4. The van der Waals surface area contributed by atoms with Crippen molar-refractivity contribution in [2.24, 2.45) is 5.92 Å². The second kappa shape index (κ2) is 7.78. The maximum absolute atomic E-state index is 12.5. The molecule has 22 heavy (non-hydrogen) atoms. The van der Waals surface area contributed by atoms with Crippen LogP contribution in [0.5, 0.6) is 0 Å². The average molecular weight is 300 g/mol. The summed E-state index contributed by atoms with van der Waals surface area (Å²) in [5, 5.41) is 5.72. The van der Waals surface area contributed by atoms with E-state index >= 15 is 0 Å². The Balaban J connectivity index is 2.12. The summed E-state index contributed by atoms with van der Waals surface area (Å²) in [7, 11) is 0. The number of carbonyl (C=O) groups is 2. The van der Waals surface area contributed by atoms with Gasteiger partial charge in [0, 0.05) is 13.0 Å². The molecule has 0 heterocycles. The molecule has 1 aliphatic carbocycles. The molecule has 2 atom stereocenters. The van der Waals surface area contributed by atoms with Crippen LogP contribution >= 0.6 is 0 Å². The van der Waals surface area contributed by atoms with Crippen molar-refractivity contribution in [2.75, 3.05) is 0 Å². The van der Waals surface area contributed by atoms with E-state index in [2.05, 4.69) is 17.6 Å². The minimum absolute atomic E-state index is 0.189. The smallest absolute Gasteiger partial charge is 0.268 e. The third-order valence-electron chi connectivity index (χ3n) is 4.09. The van der Waals surface area contributed by atoms with Crippen LogP contribution in [0.4, 0.5) is 0 Å². The Hall–Kier alpha value is -2.10. The van der Waals surface area contributed by atoms with Gasteiger partial charge >= 0.3 is 0 Å². The molecule has 0 unspecified atom stereocenters. The van der Waals surface area contributed by atoms with Gasteiger partial charge in [-0.15, -0.1) is 0 Å². The first-order valence-electron chi connectivity index (χ1n) is 7.91. The summed E-state index contributed by atoms with van der Waals surface area (Å²) in [4.78, 5) is 23.9. The van der Waals surface area contributed by atoms with E-state index in [1.807, 2.05) is 30.3 Å². The van der Waals surface area contributed by atoms with Gasteiger partial charge in [0.05, 0.1) is 0 Å². The second-order valence-corrected chi connectivity index (χ2v) is 5.99. The van der Waals surface area contributed by atoms with Crippen molar-refractivity contribution in [3.05, 3.63) is 41.6 Å². The van der Waals surface area contributed by atoms with Gasteiger partial charge in [-0.05, 0) is 30.4 Å². The van der Waals surface area contributed by atoms with Crippen LogP contribution in [-0.2, 0) is 9.59 Å². The number of hydrogen-bond donors (Lipinski definition) is 2. The molecular weight excluding hydrogens is 276 g/mol. The largest absolute Gasteiger partial charge is 0.348 e. The van der Waals surface area contributed by atoms with E-state index in [1.165, 1.54) is 13.3 Å². The molecule has 1 aromatic rings. The summed E-state index contributed by atoms with van der Waals surface area (Å²) >= 11 is 0. The van der Waals surface area contributed by atoms with Crippen molar-refractivity contribution >= 4 is 17.9 Å². The van der Waals surface area contributed by atoms with Gasteiger partial charge in [0.15, 0.2) is 0 Å². The molecule has 0 aromatic heterocycles. The molecule has 1 aromatic carbocycles. The molecule has 4 heteroatoms. The Morgan fingerprint density at radius 2 is 1.82 bits per heavy atom. The Labute approximate surface area is 132 Å². The quantitative estimate of drug-likeness (QED) is 0.840. The maximum Gasteiger partial charge on any atom is 0.268 e. The van der Waals surface area contributed by atoms with Crippen LogP contribution in [0.3, 0.4) is 0 Å². The maximum atomic E-state index is 12.5. The van der Waals surface area contributed by atoms with E-state index in [1.54, 1.807) is 6.08 Å². The Kier molecular flexibility index (Phi) is 5.75. The van der Waals surface area contributed by atoms with E-state index in [9.17, 15) is 9.59 Å². The number of benzene rings is 1. The molecule has 1 aliphatic rings. The first-order chi connectivity index (χ1) is 10.6. The number of nitrogens with one attached hydrogen (secondary N) is 2. The zero-order chi connectivity index (χ0) is 15.9. The summed E-state index contributed by atoms with van der Waals surface area (Å²) in [6.45, 7) is 3.58. The average Bonchev–Trinajstić information content (AvgIpc) is 2.49. The SMILES string of the molecule is CC(=O)N/C(=C\c1ccccc1)C(=O)N[C@@H]1CCCC[C@H]1C. The predicted octanol–water partition coefficient (Wildman–Crippen LogP) is 2.86. The summed E-state index contributed by atoms with van der Waals surface area (Å²) < 4.78 is 0. The topological polar surface area (TPSA) is 58.2 Å². The van der Waals surface area contributed by atoms with Crippen LogP contribution < -0.4 is 10.6 Å². The van der Waals surface area contributed by atoms with Crippen molar-refractivity contribution in [3.8, 4) is 0 Å². The fourth-order valence-corrected chi connectivity index (χ4v) is 2.84. The van der Waals surface area contributed by atoms with Gasteiger partial charge < -0.3 is 10.6 Å². The Morgan fingerprint density at radius 1 is 1.14 bits per heavy atom. The predicted molar refractivity (Wildman–Crippen MR) is 87.8 cm³/mol. The van der Waals surface area contributed by atoms with Crippen LogP contribution in [-0.4, -0.2) is 17.9 Å². The highest BCUT2D eigenvalue weighted by Crippen LogP contribution is 2.23. The van der Waals surface area contributed by atoms with Crippen LogP contribution in [0, 0.1) is 5.92 Å². The fourth-order valence-electron chi connectivity index (χ4n) is 2.84. The minimum atomic E-state index is -0.242. The molecule has 0 aliphatic heterocycles. The first kappa shape index (κ1) is 16.3. The summed E-state index contributed by atoms with van der Waals surface area (Å²) in [6.07, 6.45) is 6.23. The van der Waals surface area contributed by atoms with Gasteiger partial charge in [-0.25, -0.2) is 0 Å². The first-order valence-corrected chi connectivity index (χ1v) is 7.91. The summed E-state index contributed by atoms with van der Waals surface area (Å²) in [5.41, 5.74) is 1.19. The lowest BCUT2D eigenvalue weighted by molar-refractivity contribution is -0.123. The van der Waals surface area contributed by atoms with E-state index in [4.69, 9.17) is 0 Å². The Morgan fingerprint density at radius 3 is 2.45 bits per heavy atom. The van der Waals surface area contributed by atoms with Gasteiger partial charge in [-0.2, -0.15) is 0 Å². The zero-order valence-electron chi connectivity index (χ0n) is 13.3. The number of hydrogen-bond acceptors (Lipinski definition) is 2. The van der Waals surface area contributed by atoms with Crippen LogP contribution in [0.25, 0.3) is 6.08 Å². The molecule has 4 nitrogen and oxygen atoms in total. The molecule has 2 N–H and O–H groups in total. The van der Waals surface area contributed by atoms with E-state index in [0.29, 0.717) is 11.6 Å². The van der Waals surface area contributed by atoms with Crippen molar-refractivity contribution in [3.63, 3.8) is 0 Å². The minimum Gasteiger partial charge on any atom is -0.348 e. The molecular formula is C18H24N2O2. The molecule has 0 saturated heterocycles. The van der Waals surface area contributed by atoms with Crippen LogP contribution in [0.1, 0.15) is 45.1 Å². The van der Waals surface area contributed by atoms with Crippen molar-refractivity contribution in [2.45, 2.75) is 45.6 Å². The van der Waals surface area contributed by atoms with Crippen molar-refractivity contribution < 1.29 is 9.59 Å². The van der Waals surface area contributed by atoms with Gasteiger partial charge in [0.2, 0.25) is 5.91 Å². The highest BCUT2D eigenvalue weighted by atomic mass is 16.2. The molecule has 0 radical (unpaired) electrons. The molecule has 118 valence electrons. The number of carbonyl (C=O) groups excluding carboxylic acids is 2. The van der Waals surface area contributed by atoms with Gasteiger partial charge in [0.25, 0.3) is 5.91 Å². The fraction of sp³-hybridized carbons (Fsp3) is 0.444. The van der Waals surface area contributed by atoms with E-state index in [-0.39, 0.29) is 17.9 Å². The zero-order valence-corrected chi connectivity index (χ0v) is 13.3. The lowest BCUT2D eigenvalue weighted by Crippen LogP contribution is -2.44. The Bertz CT molecular complexity index is 551. The normalized spacial score (nSPS) is 22.0. The standard InChI is InChI=1S/C18H24N2O2/c1-13-8-6-7-11-16(13)20-18(22)17(19-14(2)21)12-15-9-4-3-5-10-15/h3-5,9-10,12-13,16H,6-8,11H2,1-2H3,(H,19,21)(H,20,22)/b17-12-/t13-,16-/m1/s1. The molecule has 0 spiro atoms. The lowest BCUT2D eigenvalue weighted by atomic mass is 9.86. The lowest BCUT2D eigenvalue weighted by Gasteiger charge is -2.29. The van der Waals surface area contributed by atoms with Crippen LogP contribution in [0.2, 0.25) is 0 Å². The van der Waals surface area contributed by atoms with Gasteiger partial charge in [-0.3, -0.25) is 9.59 Å². The monoisotopic (exact) mass is 300 g/mol. The molecule has 2 rings (SSSR count).